The molecular formula is C15H18F3OP. The van der Waals surface area contributed by atoms with Crippen molar-refractivity contribution in [2.24, 2.45) is 0 Å². The normalized spacial score (nSPS) is 34.0. The minimum Gasteiger partial charge on any atom is -0.318 e. The topological polar surface area (TPSA) is 17.1 Å². The zero-order valence-electron chi connectivity index (χ0n) is 11.2. The van der Waals surface area contributed by atoms with E-state index in [-0.39, 0.29) is 11.3 Å². The van der Waals surface area contributed by atoms with Crippen molar-refractivity contribution in [1.29, 1.82) is 0 Å². The van der Waals surface area contributed by atoms with Crippen molar-refractivity contribution in [2.45, 2.75) is 56.0 Å². The number of halogens is 3. The van der Waals surface area contributed by atoms with E-state index in [1.54, 1.807) is 0 Å². The molecule has 2 fully saturated rings. The van der Waals surface area contributed by atoms with E-state index in [0.717, 1.165) is 50.7 Å². The number of fused-ring (bicyclic) bond motifs is 2. The highest BCUT2D eigenvalue weighted by Crippen LogP contribution is 2.66. The van der Waals surface area contributed by atoms with Gasteiger partial charge in [0.2, 0.25) is 0 Å². The highest BCUT2D eigenvalue weighted by Gasteiger charge is 2.47. The number of rotatable bonds is 1. The van der Waals surface area contributed by atoms with E-state index < -0.39 is 18.9 Å². The molecule has 1 aromatic carbocycles. The molecule has 2 unspecified atom stereocenters. The number of alkyl halides is 3. The molecule has 5 heteroatoms. The molecular weight excluding hydrogens is 284 g/mol. The van der Waals surface area contributed by atoms with Crippen LogP contribution in [-0.4, -0.2) is 11.3 Å². The smallest absolute Gasteiger partial charge is 0.318 e. The van der Waals surface area contributed by atoms with Gasteiger partial charge in [0.25, 0.3) is 0 Å². The minimum atomic E-state index is -4.32. The molecule has 2 atom stereocenters. The Morgan fingerprint density at radius 1 is 0.900 bits per heavy atom. The quantitative estimate of drug-likeness (QED) is 0.681. The third-order valence-electron chi connectivity index (χ3n) is 4.84. The van der Waals surface area contributed by atoms with Gasteiger partial charge in [-0.2, -0.15) is 13.2 Å². The summed E-state index contributed by atoms with van der Waals surface area (Å²) in [7, 11) is -2.52. The Morgan fingerprint density at radius 3 is 1.85 bits per heavy atom. The van der Waals surface area contributed by atoms with Crippen LogP contribution >= 0.6 is 7.14 Å². The summed E-state index contributed by atoms with van der Waals surface area (Å²) in [6.45, 7) is 0. The second kappa shape index (κ2) is 4.91. The van der Waals surface area contributed by atoms with Crippen LogP contribution in [0, 0.1) is 0 Å². The molecule has 2 aliphatic heterocycles. The Morgan fingerprint density at radius 2 is 1.40 bits per heavy atom. The fraction of sp³-hybridized carbons (Fsp3) is 0.600. The van der Waals surface area contributed by atoms with Gasteiger partial charge in [-0.05, 0) is 37.8 Å². The molecule has 3 rings (SSSR count). The molecule has 20 heavy (non-hydrogen) atoms. The van der Waals surface area contributed by atoms with Crippen LogP contribution in [0.5, 0.6) is 0 Å². The number of hydrogen-bond acceptors (Lipinski definition) is 1. The summed E-state index contributed by atoms with van der Waals surface area (Å²) in [5.41, 5.74) is -0.256. The van der Waals surface area contributed by atoms with Gasteiger partial charge in [0.1, 0.15) is 7.14 Å². The van der Waals surface area contributed by atoms with Crippen molar-refractivity contribution in [3.8, 4) is 0 Å². The van der Waals surface area contributed by atoms with Crippen molar-refractivity contribution >= 4 is 12.4 Å². The Kier molecular flexibility index (Phi) is 3.48. The highest BCUT2D eigenvalue weighted by molar-refractivity contribution is 7.73. The third-order valence-corrected chi connectivity index (χ3v) is 9.15. The molecule has 0 saturated carbocycles. The van der Waals surface area contributed by atoms with E-state index in [2.05, 4.69) is 0 Å². The lowest BCUT2D eigenvalue weighted by Crippen LogP contribution is -2.18. The fourth-order valence-corrected chi connectivity index (χ4v) is 8.06. The fourth-order valence-electron chi connectivity index (χ4n) is 3.80. The molecule has 0 radical (unpaired) electrons. The molecule has 0 aromatic heterocycles. The van der Waals surface area contributed by atoms with Crippen molar-refractivity contribution in [3.05, 3.63) is 29.8 Å². The molecule has 2 heterocycles. The van der Waals surface area contributed by atoms with Crippen molar-refractivity contribution in [2.75, 3.05) is 0 Å². The molecule has 1 aromatic rings. The first-order chi connectivity index (χ1) is 9.42. The monoisotopic (exact) mass is 302 g/mol. The lowest BCUT2D eigenvalue weighted by atomic mass is 10.0. The van der Waals surface area contributed by atoms with Crippen molar-refractivity contribution < 1.29 is 17.7 Å². The molecule has 0 N–H and O–H groups in total. The van der Waals surface area contributed by atoms with Crippen LogP contribution in [0.15, 0.2) is 24.3 Å². The van der Waals surface area contributed by atoms with E-state index in [9.17, 15) is 17.7 Å². The van der Waals surface area contributed by atoms with E-state index in [0.29, 0.717) is 5.30 Å². The average molecular weight is 302 g/mol. The van der Waals surface area contributed by atoms with Crippen LogP contribution in [0.2, 0.25) is 0 Å². The van der Waals surface area contributed by atoms with Crippen LogP contribution in [0.1, 0.15) is 44.1 Å². The Balaban J connectivity index is 1.97. The molecule has 0 spiro atoms. The molecule has 2 aliphatic rings. The Hall–Kier alpha value is -0.760. The van der Waals surface area contributed by atoms with Gasteiger partial charge < -0.3 is 4.57 Å². The SMILES string of the molecule is O=P1(c2ccc(C(F)(F)F)cc2)C2CCCCC1CC2. The van der Waals surface area contributed by atoms with Crippen LogP contribution in [0.25, 0.3) is 0 Å². The van der Waals surface area contributed by atoms with Gasteiger partial charge in [-0.15, -0.1) is 0 Å². The summed E-state index contributed by atoms with van der Waals surface area (Å²) in [5, 5.41) is 0.667. The van der Waals surface area contributed by atoms with Gasteiger partial charge in [-0.3, -0.25) is 0 Å². The van der Waals surface area contributed by atoms with E-state index in [1.165, 1.54) is 12.1 Å². The minimum absolute atomic E-state index is 0.201. The predicted octanol–water partition coefficient (Wildman–Crippen LogP) is 4.80. The van der Waals surface area contributed by atoms with Gasteiger partial charge in [0.05, 0.1) is 5.56 Å². The first-order valence-electron chi connectivity index (χ1n) is 7.19. The maximum atomic E-state index is 13.5. The lowest BCUT2D eigenvalue weighted by molar-refractivity contribution is -0.137. The average Bonchev–Trinajstić information content (AvgIpc) is 2.58. The van der Waals surface area contributed by atoms with Gasteiger partial charge in [0.15, 0.2) is 0 Å². The molecule has 2 bridgehead atoms. The van der Waals surface area contributed by atoms with Crippen LogP contribution in [0.3, 0.4) is 0 Å². The summed E-state index contributed by atoms with van der Waals surface area (Å²) >= 11 is 0. The summed E-state index contributed by atoms with van der Waals surface area (Å²) in [6.07, 6.45) is 1.77. The van der Waals surface area contributed by atoms with E-state index in [1.807, 2.05) is 0 Å². The number of benzene rings is 1. The maximum Gasteiger partial charge on any atom is 0.416 e. The Bertz CT molecular complexity index is 517. The van der Waals surface area contributed by atoms with Gasteiger partial charge >= 0.3 is 6.18 Å². The van der Waals surface area contributed by atoms with Crippen LogP contribution in [0.4, 0.5) is 13.2 Å². The van der Waals surface area contributed by atoms with Crippen LogP contribution in [-0.2, 0) is 10.7 Å². The zero-order valence-corrected chi connectivity index (χ0v) is 12.1. The summed E-state index contributed by atoms with van der Waals surface area (Å²) in [5.74, 6) is 0. The van der Waals surface area contributed by atoms with Crippen molar-refractivity contribution in [1.82, 2.24) is 0 Å². The largest absolute Gasteiger partial charge is 0.416 e. The molecule has 1 nitrogen and oxygen atoms in total. The van der Waals surface area contributed by atoms with Gasteiger partial charge in [-0.1, -0.05) is 25.0 Å². The first kappa shape index (κ1) is 14.2. The number of hydrogen-bond donors (Lipinski definition) is 0. The highest BCUT2D eigenvalue weighted by atomic mass is 31.2. The third kappa shape index (κ3) is 2.22. The van der Waals surface area contributed by atoms with Crippen LogP contribution < -0.4 is 5.30 Å². The maximum absolute atomic E-state index is 13.5. The second-order valence-electron chi connectivity index (χ2n) is 5.92. The van der Waals surface area contributed by atoms with E-state index in [4.69, 9.17) is 0 Å². The summed E-state index contributed by atoms with van der Waals surface area (Å²) in [6, 6.07) is 5.08. The predicted molar refractivity (Wildman–Crippen MR) is 74.0 cm³/mol. The first-order valence-corrected chi connectivity index (χ1v) is 9.04. The second-order valence-corrected chi connectivity index (χ2v) is 9.32. The van der Waals surface area contributed by atoms with Gasteiger partial charge in [0, 0.05) is 16.6 Å². The molecule has 2 saturated heterocycles. The van der Waals surface area contributed by atoms with Crippen molar-refractivity contribution in [3.63, 3.8) is 0 Å². The molecule has 0 aliphatic carbocycles. The Labute approximate surface area is 116 Å². The van der Waals surface area contributed by atoms with E-state index >= 15 is 0 Å². The van der Waals surface area contributed by atoms with Gasteiger partial charge in [-0.25, -0.2) is 0 Å². The lowest BCUT2D eigenvalue weighted by Gasteiger charge is -2.24. The molecule has 0 amide bonds. The summed E-state index contributed by atoms with van der Waals surface area (Å²) < 4.78 is 51.3. The summed E-state index contributed by atoms with van der Waals surface area (Å²) in [4.78, 5) is 0. The zero-order chi connectivity index (χ0) is 14.4. The molecule has 110 valence electrons. The standard InChI is InChI=1S/C15H18F3OP/c16-15(17,18)11-5-7-14(8-6-11)20(19)12-3-1-2-4-13(20)10-9-12/h5-8,12-13H,1-4,9-10H2.